The topological polar surface area (TPSA) is 51.0 Å². The molecule has 0 aliphatic carbocycles. The van der Waals surface area contributed by atoms with Crippen molar-refractivity contribution in [2.24, 2.45) is 10.2 Å². The quantitative estimate of drug-likeness (QED) is 0.168. The highest BCUT2D eigenvalue weighted by atomic mass is 79.9. The first-order chi connectivity index (χ1) is 18.2. The molecule has 0 saturated heterocycles. The van der Waals surface area contributed by atoms with Crippen LogP contribution in [0.1, 0.15) is 10.4 Å². The van der Waals surface area contributed by atoms with Crippen LogP contribution >= 0.6 is 7.26 Å². The largest absolute Gasteiger partial charge is 1.00 e. The van der Waals surface area contributed by atoms with Crippen LogP contribution < -0.4 is 38.2 Å². The van der Waals surface area contributed by atoms with E-state index in [1.807, 2.05) is 12.1 Å². The Labute approximate surface area is 234 Å². The van der Waals surface area contributed by atoms with Crippen molar-refractivity contribution < 1.29 is 26.5 Å². The molecule has 5 rings (SSSR count). The summed E-state index contributed by atoms with van der Waals surface area (Å²) in [7, 11) is -0.772. The molecule has 0 fully saturated rings. The van der Waals surface area contributed by atoms with E-state index < -0.39 is 7.26 Å². The van der Waals surface area contributed by atoms with E-state index in [0.717, 1.165) is 5.69 Å². The summed E-state index contributed by atoms with van der Waals surface area (Å²) in [6.45, 7) is 0. The Hall–Kier alpha value is -3.92. The molecular formula is C32H26BrN2O2P. The van der Waals surface area contributed by atoms with Crippen molar-refractivity contribution in [1.82, 2.24) is 0 Å². The molecule has 38 heavy (non-hydrogen) atoms. The standard InChI is InChI=1S/C32H26N2O2P.BrH/c1-36-32(35)25-17-19-26(20-18-25)33-34-27-21-23-31(24-22-27)37(28-11-5-2-6-12-28,29-13-7-3-8-14-29)30-15-9-4-10-16-30;/h2-24H,1H3;1H/q+1;/p-1. The number of rotatable bonds is 7. The summed E-state index contributed by atoms with van der Waals surface area (Å²) in [5.41, 5.74) is 1.90. The third-order valence-electron chi connectivity index (χ3n) is 6.24. The summed E-state index contributed by atoms with van der Waals surface area (Å²) >= 11 is 0. The van der Waals surface area contributed by atoms with Crippen LogP contribution in [-0.2, 0) is 4.74 Å². The van der Waals surface area contributed by atoms with E-state index >= 15 is 0 Å². The van der Waals surface area contributed by atoms with Crippen molar-refractivity contribution >= 4 is 45.8 Å². The van der Waals surface area contributed by atoms with Gasteiger partial charge in [0.2, 0.25) is 0 Å². The molecule has 0 aliphatic heterocycles. The SMILES string of the molecule is COC(=O)c1ccc(N=Nc2ccc([P+](c3ccccc3)(c3ccccc3)c3ccccc3)cc2)cc1.[Br-]. The first-order valence-corrected chi connectivity index (χ1v) is 13.8. The van der Waals surface area contributed by atoms with E-state index in [4.69, 9.17) is 4.74 Å². The van der Waals surface area contributed by atoms with Gasteiger partial charge in [-0.05, 0) is 84.9 Å². The van der Waals surface area contributed by atoms with Gasteiger partial charge in [-0.25, -0.2) is 4.79 Å². The normalized spacial score (nSPS) is 11.1. The van der Waals surface area contributed by atoms with Gasteiger partial charge in [0, 0.05) is 0 Å². The predicted octanol–water partition coefficient (Wildman–Crippen LogP) is 3.51. The number of esters is 1. The number of carbonyl (C=O) groups is 1. The molecule has 5 aromatic carbocycles. The summed E-state index contributed by atoms with van der Waals surface area (Å²) in [4.78, 5) is 11.7. The Morgan fingerprint density at radius 2 is 0.868 bits per heavy atom. The van der Waals surface area contributed by atoms with Gasteiger partial charge >= 0.3 is 5.97 Å². The summed E-state index contributed by atoms with van der Waals surface area (Å²) in [5.74, 6) is -0.374. The molecular weight excluding hydrogens is 555 g/mol. The number of hydrogen-bond acceptors (Lipinski definition) is 4. The zero-order chi connectivity index (χ0) is 25.5. The minimum atomic E-state index is -2.14. The van der Waals surface area contributed by atoms with Crippen molar-refractivity contribution in [2.45, 2.75) is 0 Å². The average Bonchev–Trinajstić information content (AvgIpc) is 2.99. The van der Waals surface area contributed by atoms with Crippen LogP contribution in [0, 0.1) is 0 Å². The molecule has 0 amide bonds. The first-order valence-electron chi connectivity index (χ1n) is 12.0. The molecule has 0 unspecified atom stereocenters. The summed E-state index contributed by atoms with van der Waals surface area (Å²) in [5, 5.41) is 13.9. The van der Waals surface area contributed by atoms with Crippen LogP contribution in [0.4, 0.5) is 11.4 Å². The monoisotopic (exact) mass is 580 g/mol. The molecule has 0 N–H and O–H groups in total. The second-order valence-corrected chi connectivity index (χ2v) is 11.8. The van der Waals surface area contributed by atoms with Crippen LogP contribution in [0.15, 0.2) is 150 Å². The minimum absolute atomic E-state index is 0. The van der Waals surface area contributed by atoms with Gasteiger partial charge in [0.1, 0.15) is 28.5 Å². The molecule has 188 valence electrons. The van der Waals surface area contributed by atoms with E-state index in [1.165, 1.54) is 28.3 Å². The third-order valence-corrected chi connectivity index (χ3v) is 10.5. The van der Waals surface area contributed by atoms with Gasteiger partial charge in [-0.2, -0.15) is 10.2 Å². The molecule has 5 aromatic rings. The average molecular weight is 581 g/mol. The van der Waals surface area contributed by atoms with Gasteiger partial charge in [0.25, 0.3) is 0 Å². The number of benzene rings is 5. The lowest BCUT2D eigenvalue weighted by atomic mass is 10.2. The van der Waals surface area contributed by atoms with Crippen molar-refractivity contribution in [3.63, 3.8) is 0 Å². The summed E-state index contributed by atoms with van der Waals surface area (Å²) in [6.07, 6.45) is 0. The van der Waals surface area contributed by atoms with Gasteiger partial charge in [-0.15, -0.1) is 0 Å². The number of azo groups is 1. The lowest BCUT2D eigenvalue weighted by Crippen LogP contribution is -3.00. The third kappa shape index (κ3) is 5.50. The molecule has 6 heteroatoms. The molecule has 0 aromatic heterocycles. The van der Waals surface area contributed by atoms with Crippen molar-refractivity contribution in [3.8, 4) is 0 Å². The minimum Gasteiger partial charge on any atom is -1.00 e. The Kier molecular flexibility index (Phi) is 8.96. The Morgan fingerprint density at radius 1 is 0.526 bits per heavy atom. The van der Waals surface area contributed by atoms with Gasteiger partial charge < -0.3 is 21.7 Å². The van der Waals surface area contributed by atoms with E-state index in [0.29, 0.717) is 11.3 Å². The van der Waals surface area contributed by atoms with Gasteiger partial charge in [-0.1, -0.05) is 54.6 Å². The van der Waals surface area contributed by atoms with Crippen molar-refractivity contribution in [3.05, 3.63) is 145 Å². The Balaban J connectivity index is 0.00000336. The van der Waals surface area contributed by atoms with Gasteiger partial charge in [0.15, 0.2) is 0 Å². The molecule has 0 atom stereocenters. The second kappa shape index (κ2) is 12.6. The Morgan fingerprint density at radius 3 is 1.24 bits per heavy atom. The van der Waals surface area contributed by atoms with Crippen LogP contribution in [-0.4, -0.2) is 13.1 Å². The fourth-order valence-electron chi connectivity index (χ4n) is 4.49. The van der Waals surface area contributed by atoms with Crippen molar-refractivity contribution in [2.75, 3.05) is 7.11 Å². The zero-order valence-corrected chi connectivity index (χ0v) is 23.3. The van der Waals surface area contributed by atoms with Crippen LogP contribution in [0.25, 0.3) is 0 Å². The van der Waals surface area contributed by atoms with Crippen LogP contribution in [0.3, 0.4) is 0 Å². The number of methoxy groups -OCH3 is 1. The lowest BCUT2D eigenvalue weighted by molar-refractivity contribution is -0.0000217. The van der Waals surface area contributed by atoms with E-state index in [1.54, 1.807) is 24.3 Å². The van der Waals surface area contributed by atoms with E-state index in [-0.39, 0.29) is 23.0 Å². The maximum atomic E-state index is 11.7. The lowest BCUT2D eigenvalue weighted by Gasteiger charge is -2.27. The highest BCUT2D eigenvalue weighted by molar-refractivity contribution is 8.01. The maximum Gasteiger partial charge on any atom is 0.337 e. The van der Waals surface area contributed by atoms with Crippen LogP contribution in [0.2, 0.25) is 0 Å². The molecule has 0 bridgehead atoms. The number of nitrogens with zero attached hydrogens (tertiary/aromatic N) is 2. The zero-order valence-electron chi connectivity index (χ0n) is 20.8. The van der Waals surface area contributed by atoms with E-state index in [9.17, 15) is 4.79 Å². The smallest absolute Gasteiger partial charge is 0.337 e. The summed E-state index contributed by atoms with van der Waals surface area (Å²) in [6, 6.07) is 47.6. The highest BCUT2D eigenvalue weighted by Gasteiger charge is 2.47. The fourth-order valence-corrected chi connectivity index (χ4v) is 8.73. The molecule has 0 spiro atoms. The second-order valence-electron chi connectivity index (χ2n) is 8.43. The van der Waals surface area contributed by atoms with E-state index in [2.05, 4.69) is 113 Å². The first kappa shape index (κ1) is 27.1. The number of halogens is 1. The Bertz CT molecular complexity index is 1400. The number of carbonyl (C=O) groups excluding carboxylic acids is 1. The van der Waals surface area contributed by atoms with Gasteiger partial charge in [0.05, 0.1) is 24.0 Å². The maximum absolute atomic E-state index is 11.7. The predicted molar refractivity (Wildman–Crippen MR) is 153 cm³/mol. The van der Waals surface area contributed by atoms with Crippen LogP contribution in [0.5, 0.6) is 0 Å². The van der Waals surface area contributed by atoms with Gasteiger partial charge in [-0.3, -0.25) is 0 Å². The molecule has 4 nitrogen and oxygen atoms in total. The van der Waals surface area contributed by atoms with Crippen molar-refractivity contribution in [1.29, 1.82) is 0 Å². The molecule has 0 radical (unpaired) electrons. The number of hydrogen-bond donors (Lipinski definition) is 0. The highest BCUT2D eigenvalue weighted by Crippen LogP contribution is 2.54. The molecule has 0 aliphatic rings. The summed E-state index contributed by atoms with van der Waals surface area (Å²) < 4.78 is 4.75. The fraction of sp³-hybridized carbons (Fsp3) is 0.0312. The number of ether oxygens (including phenoxy) is 1. The molecule has 0 heterocycles. The molecule has 0 saturated carbocycles.